The van der Waals surface area contributed by atoms with Gasteiger partial charge in [0.2, 0.25) is 5.88 Å². The molecular weight excluding hydrogens is 345 g/mol. The van der Waals surface area contributed by atoms with Crippen LogP contribution in [-0.2, 0) is 10.3 Å². The second-order valence-corrected chi connectivity index (χ2v) is 7.84. The number of aromatic nitrogens is 1. The van der Waals surface area contributed by atoms with Gasteiger partial charge in [-0.15, -0.1) is 0 Å². The van der Waals surface area contributed by atoms with Gasteiger partial charge in [-0.1, -0.05) is 53.0 Å². The van der Waals surface area contributed by atoms with Gasteiger partial charge in [-0.2, -0.15) is 0 Å². The molecule has 0 radical (unpaired) electrons. The van der Waals surface area contributed by atoms with E-state index in [1.54, 1.807) is 0 Å². The number of alkyl halides is 3. The fraction of sp³-hybridized carbons (Fsp3) is 0.312. The Kier molecular flexibility index (Phi) is 4.25. The summed E-state index contributed by atoms with van der Waals surface area (Å²) in [5.41, 5.74) is 1.29. The van der Waals surface area contributed by atoms with Crippen LogP contribution >= 0.6 is 34.8 Å². The first-order valence-electron chi connectivity index (χ1n) is 6.79. The summed E-state index contributed by atoms with van der Waals surface area (Å²) in [4.78, 5) is 4.32. The zero-order valence-corrected chi connectivity index (χ0v) is 14.1. The van der Waals surface area contributed by atoms with Gasteiger partial charge in [-0.05, 0) is 30.7 Å². The molecule has 1 aromatic carbocycles. The Morgan fingerprint density at radius 3 is 2.59 bits per heavy atom. The first kappa shape index (κ1) is 15.9. The summed E-state index contributed by atoms with van der Waals surface area (Å²) in [6, 6.07) is 13.2. The van der Waals surface area contributed by atoms with Gasteiger partial charge in [0.1, 0.15) is 11.4 Å². The summed E-state index contributed by atoms with van der Waals surface area (Å²) >= 11 is 17.7. The zero-order valence-electron chi connectivity index (χ0n) is 11.9. The van der Waals surface area contributed by atoms with Crippen molar-refractivity contribution in [3.63, 3.8) is 0 Å². The highest BCUT2D eigenvalue weighted by molar-refractivity contribution is 6.67. The topological polar surface area (TPSA) is 34.6 Å². The molecule has 0 spiro atoms. The summed E-state index contributed by atoms with van der Waals surface area (Å²) < 4.78 is 9.99. The summed E-state index contributed by atoms with van der Waals surface area (Å²) in [6.45, 7) is 2.45. The van der Waals surface area contributed by atoms with E-state index in [9.17, 15) is 0 Å². The molecule has 1 aliphatic rings. The minimum Gasteiger partial charge on any atom is -0.439 e. The molecule has 3 rings (SSSR count). The molecule has 0 aliphatic carbocycles. The maximum atomic E-state index is 5.90. The number of rotatable bonds is 4. The molecule has 3 nitrogen and oxygen atoms in total. The van der Waals surface area contributed by atoms with Gasteiger partial charge in [-0.25, -0.2) is 4.98 Å². The quantitative estimate of drug-likeness (QED) is 0.559. The number of aryl methyl sites for hydroxylation is 1. The summed E-state index contributed by atoms with van der Waals surface area (Å²) in [5.74, 6) is 1.22. The van der Waals surface area contributed by atoms with E-state index in [-0.39, 0.29) is 0 Å². The largest absolute Gasteiger partial charge is 0.439 e. The van der Waals surface area contributed by atoms with E-state index < -0.39 is 9.39 Å². The molecule has 1 aliphatic heterocycles. The van der Waals surface area contributed by atoms with Crippen molar-refractivity contribution >= 4 is 34.8 Å². The molecule has 1 atom stereocenters. The number of hydrogen-bond donors (Lipinski definition) is 0. The van der Waals surface area contributed by atoms with Crippen molar-refractivity contribution in [2.45, 2.75) is 22.7 Å². The number of pyridine rings is 1. The maximum absolute atomic E-state index is 5.90. The van der Waals surface area contributed by atoms with Gasteiger partial charge >= 0.3 is 0 Å². The van der Waals surface area contributed by atoms with Crippen LogP contribution in [0, 0.1) is 6.92 Å². The van der Waals surface area contributed by atoms with Gasteiger partial charge in [0.05, 0.1) is 6.61 Å². The van der Waals surface area contributed by atoms with Crippen LogP contribution in [0.2, 0.25) is 0 Å². The standard InChI is InChI=1S/C16H14Cl3NO2/c1-11-4-2-7-14(20-11)22-13-6-3-5-12(8-13)15(10-21-15)9-16(17,18)19/h2-8H,9-10H2,1H3. The molecule has 0 amide bonds. The molecule has 2 heterocycles. The number of halogens is 3. The van der Waals surface area contributed by atoms with E-state index >= 15 is 0 Å². The Morgan fingerprint density at radius 2 is 1.95 bits per heavy atom. The Balaban J connectivity index is 1.81. The smallest absolute Gasteiger partial charge is 0.219 e. The molecule has 0 saturated carbocycles. The first-order chi connectivity index (χ1) is 10.4. The monoisotopic (exact) mass is 357 g/mol. The summed E-state index contributed by atoms with van der Waals surface area (Å²) in [6.07, 6.45) is 0.302. The van der Waals surface area contributed by atoms with Crippen LogP contribution in [0.5, 0.6) is 11.6 Å². The van der Waals surface area contributed by atoms with Gasteiger partial charge in [-0.3, -0.25) is 0 Å². The fourth-order valence-electron chi connectivity index (χ4n) is 2.32. The molecule has 1 aromatic heterocycles. The van der Waals surface area contributed by atoms with E-state index in [0.29, 0.717) is 24.7 Å². The SMILES string of the molecule is Cc1cccc(Oc2cccc(C3(CC(Cl)(Cl)Cl)CO3)c2)n1. The zero-order chi connectivity index (χ0) is 15.8. The second-order valence-electron chi connectivity index (χ2n) is 5.32. The minimum absolute atomic E-state index is 0.302. The predicted molar refractivity (Wildman–Crippen MR) is 88.0 cm³/mol. The Labute approximate surface area is 144 Å². The van der Waals surface area contributed by atoms with Crippen LogP contribution in [0.15, 0.2) is 42.5 Å². The van der Waals surface area contributed by atoms with E-state index in [2.05, 4.69) is 4.98 Å². The van der Waals surface area contributed by atoms with Crippen molar-refractivity contribution in [2.75, 3.05) is 6.61 Å². The van der Waals surface area contributed by atoms with Crippen LogP contribution in [0.3, 0.4) is 0 Å². The molecule has 1 saturated heterocycles. The summed E-state index contributed by atoms with van der Waals surface area (Å²) in [5, 5.41) is 0. The lowest BCUT2D eigenvalue weighted by Crippen LogP contribution is -2.18. The van der Waals surface area contributed by atoms with Crippen LogP contribution < -0.4 is 4.74 Å². The molecule has 1 unspecified atom stereocenters. The summed E-state index contributed by atoms with van der Waals surface area (Å²) in [7, 11) is 0. The molecule has 6 heteroatoms. The highest BCUT2D eigenvalue weighted by Crippen LogP contribution is 2.50. The third kappa shape index (κ3) is 3.85. The van der Waals surface area contributed by atoms with E-state index in [4.69, 9.17) is 44.3 Å². The average Bonchev–Trinajstić information content (AvgIpc) is 3.18. The van der Waals surface area contributed by atoms with Crippen molar-refractivity contribution < 1.29 is 9.47 Å². The molecule has 0 N–H and O–H groups in total. The molecule has 22 heavy (non-hydrogen) atoms. The molecule has 0 bridgehead atoms. The van der Waals surface area contributed by atoms with Gasteiger partial charge < -0.3 is 9.47 Å². The van der Waals surface area contributed by atoms with Gasteiger partial charge in [0, 0.05) is 18.2 Å². The molecule has 116 valence electrons. The first-order valence-corrected chi connectivity index (χ1v) is 7.93. The highest BCUT2D eigenvalue weighted by Gasteiger charge is 2.51. The van der Waals surface area contributed by atoms with Crippen LogP contribution in [0.25, 0.3) is 0 Å². The minimum atomic E-state index is -1.36. The molecule has 2 aromatic rings. The lowest BCUT2D eigenvalue weighted by Gasteiger charge is -2.18. The van der Waals surface area contributed by atoms with Crippen molar-refractivity contribution in [1.82, 2.24) is 4.98 Å². The highest BCUT2D eigenvalue weighted by atomic mass is 35.6. The van der Waals surface area contributed by atoms with Crippen LogP contribution in [-0.4, -0.2) is 15.4 Å². The normalized spacial score (nSPS) is 20.7. The van der Waals surface area contributed by atoms with Gasteiger partial charge in [0.25, 0.3) is 0 Å². The van der Waals surface area contributed by atoms with Crippen molar-refractivity contribution in [1.29, 1.82) is 0 Å². The fourth-order valence-corrected chi connectivity index (χ4v) is 2.97. The lowest BCUT2D eigenvalue weighted by atomic mass is 9.97. The van der Waals surface area contributed by atoms with Crippen LogP contribution in [0.4, 0.5) is 0 Å². The Morgan fingerprint density at radius 1 is 1.23 bits per heavy atom. The van der Waals surface area contributed by atoms with Crippen molar-refractivity contribution in [3.05, 3.63) is 53.7 Å². The van der Waals surface area contributed by atoms with Crippen molar-refractivity contribution in [2.24, 2.45) is 0 Å². The maximum Gasteiger partial charge on any atom is 0.219 e. The number of hydrogen-bond acceptors (Lipinski definition) is 3. The lowest BCUT2D eigenvalue weighted by molar-refractivity contribution is 0.294. The number of nitrogens with zero attached hydrogens (tertiary/aromatic N) is 1. The van der Waals surface area contributed by atoms with Crippen molar-refractivity contribution in [3.8, 4) is 11.6 Å². The van der Waals surface area contributed by atoms with E-state index in [0.717, 1.165) is 11.3 Å². The number of ether oxygens (including phenoxy) is 2. The van der Waals surface area contributed by atoms with E-state index in [1.165, 1.54) is 0 Å². The second kappa shape index (κ2) is 5.89. The Bertz CT molecular complexity index is 681. The number of benzene rings is 1. The third-order valence-corrected chi connectivity index (χ3v) is 3.83. The number of epoxide rings is 1. The Hall–Kier alpha value is -1.00. The predicted octanol–water partition coefficient (Wildman–Crippen LogP) is 5.17. The van der Waals surface area contributed by atoms with Gasteiger partial charge in [0.15, 0.2) is 3.79 Å². The molecule has 1 fully saturated rings. The van der Waals surface area contributed by atoms with E-state index in [1.807, 2.05) is 49.4 Å². The molecular formula is C16H14Cl3NO2. The average molecular weight is 359 g/mol. The van der Waals surface area contributed by atoms with Crippen LogP contribution in [0.1, 0.15) is 17.7 Å². The third-order valence-electron chi connectivity index (χ3n) is 3.42.